The zero-order valence-corrected chi connectivity index (χ0v) is 14.1. The van der Waals surface area contributed by atoms with E-state index in [0.717, 1.165) is 12.5 Å². The molecule has 0 amide bonds. The molecule has 3 heteroatoms. The number of nitrogens with one attached hydrogen (secondary N) is 1. The first-order chi connectivity index (χ1) is 9.50. The van der Waals surface area contributed by atoms with Crippen molar-refractivity contribution in [3.8, 4) is 0 Å². The van der Waals surface area contributed by atoms with E-state index in [0.29, 0.717) is 23.6 Å². The van der Waals surface area contributed by atoms with E-state index in [1.54, 1.807) is 0 Å². The second-order valence-electron chi connectivity index (χ2n) is 7.28. The third kappa shape index (κ3) is 3.20. The molecule has 1 aliphatic carbocycles. The summed E-state index contributed by atoms with van der Waals surface area (Å²) in [6.07, 6.45) is 4.33. The van der Waals surface area contributed by atoms with Crippen LogP contribution >= 0.6 is 0 Å². The van der Waals surface area contributed by atoms with Gasteiger partial charge in [0.2, 0.25) is 0 Å². The van der Waals surface area contributed by atoms with E-state index in [9.17, 15) is 0 Å². The van der Waals surface area contributed by atoms with Crippen LogP contribution in [0.25, 0.3) is 0 Å². The van der Waals surface area contributed by atoms with Crippen molar-refractivity contribution < 1.29 is 4.74 Å². The molecule has 4 unspecified atom stereocenters. The maximum Gasteiger partial charge on any atom is 0.0685 e. The molecule has 118 valence electrons. The summed E-state index contributed by atoms with van der Waals surface area (Å²) in [4.78, 5) is 2.51. The fourth-order valence-corrected chi connectivity index (χ4v) is 4.21. The molecule has 1 saturated heterocycles. The smallest absolute Gasteiger partial charge is 0.0685 e. The summed E-state index contributed by atoms with van der Waals surface area (Å²) in [6, 6.07) is 1.27. The van der Waals surface area contributed by atoms with Crippen molar-refractivity contribution in [1.82, 2.24) is 10.2 Å². The number of ether oxygens (including phenoxy) is 1. The van der Waals surface area contributed by atoms with Gasteiger partial charge in [-0.25, -0.2) is 0 Å². The second-order valence-corrected chi connectivity index (χ2v) is 7.28. The number of rotatable bonds is 8. The van der Waals surface area contributed by atoms with Gasteiger partial charge >= 0.3 is 0 Å². The van der Waals surface area contributed by atoms with Gasteiger partial charge in [0.1, 0.15) is 0 Å². The number of nitrogens with zero attached hydrogens (tertiary/aromatic N) is 1. The molecule has 0 aromatic carbocycles. The lowest BCUT2D eigenvalue weighted by molar-refractivity contribution is -0.115. The maximum absolute atomic E-state index is 5.87. The van der Waals surface area contributed by atoms with E-state index in [2.05, 4.69) is 44.8 Å². The molecular weight excluding hydrogens is 248 g/mol. The molecule has 1 heterocycles. The average molecular weight is 282 g/mol. The van der Waals surface area contributed by atoms with Crippen molar-refractivity contribution in [1.29, 1.82) is 0 Å². The first-order valence-corrected chi connectivity index (χ1v) is 8.60. The van der Waals surface area contributed by atoms with Gasteiger partial charge in [0.05, 0.1) is 6.10 Å². The molecule has 0 bridgehead atoms. The molecule has 2 rings (SSSR count). The van der Waals surface area contributed by atoms with Crippen LogP contribution in [0.5, 0.6) is 0 Å². The highest BCUT2D eigenvalue weighted by atomic mass is 16.5. The Morgan fingerprint density at radius 3 is 2.65 bits per heavy atom. The van der Waals surface area contributed by atoms with Crippen LogP contribution in [0.1, 0.15) is 53.9 Å². The molecule has 20 heavy (non-hydrogen) atoms. The van der Waals surface area contributed by atoms with E-state index in [1.807, 2.05) is 0 Å². The molecule has 4 atom stereocenters. The van der Waals surface area contributed by atoms with E-state index in [4.69, 9.17) is 4.74 Å². The molecule has 1 N–H and O–H groups in total. The van der Waals surface area contributed by atoms with Crippen molar-refractivity contribution in [2.75, 3.05) is 26.2 Å². The summed E-state index contributed by atoms with van der Waals surface area (Å²) in [5.41, 5.74) is 0.314. The lowest BCUT2D eigenvalue weighted by Gasteiger charge is -2.55. The molecule has 1 saturated carbocycles. The van der Waals surface area contributed by atoms with Crippen LogP contribution in [-0.2, 0) is 4.74 Å². The van der Waals surface area contributed by atoms with Gasteiger partial charge in [-0.1, -0.05) is 27.7 Å². The Balaban J connectivity index is 1.71. The first kappa shape index (κ1) is 16.3. The standard InChI is InChI=1S/C17H34N2O/c1-6-19(7-2)11-8-9-13(3)18-15-14-10-12-20-16(14)17(15,4)5/h13-16,18H,6-12H2,1-5H3. The molecule has 2 aliphatic rings. The Labute approximate surface area is 125 Å². The number of fused-ring (bicyclic) bond motifs is 1. The van der Waals surface area contributed by atoms with Gasteiger partial charge in [0, 0.05) is 30.0 Å². The predicted octanol–water partition coefficient (Wildman–Crippen LogP) is 2.90. The SMILES string of the molecule is CCN(CC)CCCC(C)NC1C2CCOC2C1(C)C. The van der Waals surface area contributed by atoms with Crippen LogP contribution in [0, 0.1) is 11.3 Å². The molecular formula is C17H34N2O. The van der Waals surface area contributed by atoms with E-state index < -0.39 is 0 Å². The van der Waals surface area contributed by atoms with Crippen LogP contribution in [0.2, 0.25) is 0 Å². The van der Waals surface area contributed by atoms with Crippen LogP contribution in [0.3, 0.4) is 0 Å². The lowest BCUT2D eigenvalue weighted by Crippen LogP contribution is -2.67. The lowest BCUT2D eigenvalue weighted by atomic mass is 9.57. The summed E-state index contributed by atoms with van der Waals surface area (Å²) in [5.74, 6) is 0.759. The van der Waals surface area contributed by atoms with E-state index in [1.165, 1.54) is 38.9 Å². The Hall–Kier alpha value is -0.120. The van der Waals surface area contributed by atoms with E-state index >= 15 is 0 Å². The summed E-state index contributed by atoms with van der Waals surface area (Å²) < 4.78 is 5.87. The van der Waals surface area contributed by atoms with Crippen molar-refractivity contribution >= 4 is 0 Å². The monoisotopic (exact) mass is 282 g/mol. The highest BCUT2D eigenvalue weighted by Crippen LogP contribution is 2.52. The third-order valence-corrected chi connectivity index (χ3v) is 5.57. The summed E-state index contributed by atoms with van der Waals surface area (Å²) in [6.45, 7) is 16.1. The van der Waals surface area contributed by atoms with Crippen molar-refractivity contribution in [3.05, 3.63) is 0 Å². The molecule has 0 radical (unpaired) electrons. The summed E-state index contributed by atoms with van der Waals surface area (Å²) >= 11 is 0. The van der Waals surface area contributed by atoms with Crippen LogP contribution in [0.15, 0.2) is 0 Å². The van der Waals surface area contributed by atoms with Gasteiger partial charge in [0.25, 0.3) is 0 Å². The minimum atomic E-state index is 0.314. The Kier molecular flexibility index (Phi) is 5.49. The summed E-state index contributed by atoms with van der Waals surface area (Å²) in [7, 11) is 0. The van der Waals surface area contributed by atoms with E-state index in [-0.39, 0.29) is 0 Å². The Bertz CT molecular complexity index is 301. The quantitative estimate of drug-likeness (QED) is 0.741. The molecule has 3 nitrogen and oxygen atoms in total. The van der Waals surface area contributed by atoms with Crippen molar-refractivity contribution in [3.63, 3.8) is 0 Å². The van der Waals surface area contributed by atoms with Crippen molar-refractivity contribution in [2.24, 2.45) is 11.3 Å². The Morgan fingerprint density at radius 2 is 2.00 bits per heavy atom. The van der Waals surface area contributed by atoms with Crippen LogP contribution in [-0.4, -0.2) is 49.3 Å². The predicted molar refractivity (Wildman–Crippen MR) is 85.0 cm³/mol. The highest BCUT2D eigenvalue weighted by molar-refractivity contribution is 5.11. The largest absolute Gasteiger partial charge is 0.377 e. The Morgan fingerprint density at radius 1 is 1.30 bits per heavy atom. The van der Waals surface area contributed by atoms with Gasteiger partial charge in [0.15, 0.2) is 0 Å². The first-order valence-electron chi connectivity index (χ1n) is 8.60. The van der Waals surface area contributed by atoms with Gasteiger partial charge < -0.3 is 15.0 Å². The fraction of sp³-hybridized carbons (Fsp3) is 1.00. The fourth-order valence-electron chi connectivity index (χ4n) is 4.21. The maximum atomic E-state index is 5.87. The van der Waals surface area contributed by atoms with Gasteiger partial charge in [-0.05, 0) is 45.8 Å². The minimum absolute atomic E-state index is 0.314. The van der Waals surface area contributed by atoms with Crippen molar-refractivity contribution in [2.45, 2.75) is 72.1 Å². The molecule has 0 aromatic rings. The molecule has 0 aromatic heterocycles. The molecule has 2 fully saturated rings. The third-order valence-electron chi connectivity index (χ3n) is 5.57. The topological polar surface area (TPSA) is 24.5 Å². The average Bonchev–Trinajstić information content (AvgIpc) is 2.88. The van der Waals surface area contributed by atoms with Crippen LogP contribution in [0.4, 0.5) is 0 Å². The van der Waals surface area contributed by atoms with Gasteiger partial charge in [-0.3, -0.25) is 0 Å². The highest BCUT2D eigenvalue weighted by Gasteiger charge is 2.59. The van der Waals surface area contributed by atoms with Gasteiger partial charge in [-0.15, -0.1) is 0 Å². The number of hydrogen-bond acceptors (Lipinski definition) is 3. The van der Waals surface area contributed by atoms with Gasteiger partial charge in [-0.2, -0.15) is 0 Å². The zero-order valence-electron chi connectivity index (χ0n) is 14.1. The molecule has 0 spiro atoms. The normalized spacial score (nSPS) is 33.0. The summed E-state index contributed by atoms with van der Waals surface area (Å²) in [5, 5.41) is 3.89. The number of hydrogen-bond donors (Lipinski definition) is 1. The zero-order chi connectivity index (χ0) is 14.8. The minimum Gasteiger partial charge on any atom is -0.377 e. The van der Waals surface area contributed by atoms with Crippen LogP contribution < -0.4 is 5.32 Å². The second kappa shape index (κ2) is 6.76. The molecule has 1 aliphatic heterocycles.